The van der Waals surface area contributed by atoms with E-state index in [2.05, 4.69) is 5.32 Å². The third kappa shape index (κ3) is 4.44. The molecule has 0 amide bonds. The van der Waals surface area contributed by atoms with Crippen LogP contribution >= 0.6 is 23.2 Å². The molecule has 0 unspecified atom stereocenters. The summed E-state index contributed by atoms with van der Waals surface area (Å²) >= 11 is 12.1. The van der Waals surface area contributed by atoms with Crippen molar-refractivity contribution in [1.29, 1.82) is 0 Å². The average Bonchev–Trinajstić information content (AvgIpc) is 2.61. The second-order valence-corrected chi connectivity index (χ2v) is 6.20. The lowest BCUT2D eigenvalue weighted by Gasteiger charge is -2.13. The van der Waals surface area contributed by atoms with E-state index in [9.17, 15) is 0 Å². The molecule has 24 heavy (non-hydrogen) atoms. The number of ether oxygens (including phenoxy) is 1. The number of halogens is 2. The highest BCUT2D eigenvalue weighted by Gasteiger charge is 2.05. The van der Waals surface area contributed by atoms with Crippen LogP contribution in [0, 0.1) is 0 Å². The lowest BCUT2D eigenvalue weighted by atomic mass is 10.2. The van der Waals surface area contributed by atoms with Crippen LogP contribution in [0.15, 0.2) is 72.8 Å². The van der Waals surface area contributed by atoms with Gasteiger partial charge in [-0.05, 0) is 29.8 Å². The molecule has 0 aliphatic rings. The minimum atomic E-state index is 0.541. The van der Waals surface area contributed by atoms with E-state index >= 15 is 0 Å². The van der Waals surface area contributed by atoms with E-state index in [0.29, 0.717) is 23.2 Å². The fourth-order valence-corrected chi connectivity index (χ4v) is 2.82. The zero-order valence-electron chi connectivity index (χ0n) is 13.0. The van der Waals surface area contributed by atoms with E-state index in [1.165, 1.54) is 0 Å². The number of benzene rings is 3. The van der Waals surface area contributed by atoms with Gasteiger partial charge in [-0.1, -0.05) is 71.7 Å². The molecule has 2 nitrogen and oxygen atoms in total. The lowest BCUT2D eigenvalue weighted by molar-refractivity contribution is 0.303. The summed E-state index contributed by atoms with van der Waals surface area (Å²) in [6, 6.07) is 23.5. The fourth-order valence-electron chi connectivity index (χ4n) is 2.35. The Morgan fingerprint density at radius 3 is 2.38 bits per heavy atom. The standard InChI is InChI=1S/C20H17Cl2NO/c21-17-10-11-19(18(22)12-17)23-13-16-8-4-5-9-20(16)24-14-15-6-2-1-3-7-15/h1-12,23H,13-14H2. The van der Waals surface area contributed by atoms with Crippen LogP contribution in [-0.2, 0) is 13.2 Å². The van der Waals surface area contributed by atoms with Crippen LogP contribution in [0.3, 0.4) is 0 Å². The number of anilines is 1. The van der Waals surface area contributed by atoms with Gasteiger partial charge in [0.05, 0.1) is 10.7 Å². The van der Waals surface area contributed by atoms with Gasteiger partial charge in [-0.3, -0.25) is 0 Å². The van der Waals surface area contributed by atoms with E-state index in [4.69, 9.17) is 27.9 Å². The Morgan fingerprint density at radius 2 is 1.58 bits per heavy atom. The average molecular weight is 358 g/mol. The van der Waals surface area contributed by atoms with Crippen LogP contribution < -0.4 is 10.1 Å². The maximum Gasteiger partial charge on any atom is 0.124 e. The maximum atomic E-state index is 6.20. The monoisotopic (exact) mass is 357 g/mol. The van der Waals surface area contributed by atoms with Gasteiger partial charge in [-0.25, -0.2) is 0 Å². The second-order valence-electron chi connectivity index (χ2n) is 5.36. The summed E-state index contributed by atoms with van der Waals surface area (Å²) in [7, 11) is 0. The van der Waals surface area contributed by atoms with Crippen molar-refractivity contribution in [3.8, 4) is 5.75 Å². The van der Waals surface area contributed by atoms with Gasteiger partial charge in [-0.2, -0.15) is 0 Å². The Hall–Kier alpha value is -2.16. The van der Waals surface area contributed by atoms with E-state index in [1.807, 2.05) is 66.7 Å². The van der Waals surface area contributed by atoms with Crippen molar-refractivity contribution in [2.75, 3.05) is 5.32 Å². The molecule has 0 aliphatic heterocycles. The smallest absolute Gasteiger partial charge is 0.124 e. The SMILES string of the molecule is Clc1ccc(NCc2ccccc2OCc2ccccc2)c(Cl)c1. The first-order chi connectivity index (χ1) is 11.7. The molecule has 0 spiro atoms. The first kappa shape index (κ1) is 16.7. The van der Waals surface area contributed by atoms with Crippen LogP contribution in [0.2, 0.25) is 10.0 Å². The molecule has 0 fully saturated rings. The van der Waals surface area contributed by atoms with Crippen LogP contribution in [0.1, 0.15) is 11.1 Å². The Bertz CT molecular complexity index is 806. The number of nitrogens with one attached hydrogen (secondary N) is 1. The van der Waals surface area contributed by atoms with Crippen LogP contribution in [0.4, 0.5) is 5.69 Å². The summed E-state index contributed by atoms with van der Waals surface area (Å²) in [6.45, 7) is 1.16. The summed E-state index contributed by atoms with van der Waals surface area (Å²) in [5.74, 6) is 0.860. The molecule has 0 aromatic heterocycles. The van der Waals surface area contributed by atoms with Gasteiger partial charge in [0.25, 0.3) is 0 Å². The third-order valence-corrected chi connectivity index (χ3v) is 4.16. The van der Waals surface area contributed by atoms with Gasteiger partial charge < -0.3 is 10.1 Å². The van der Waals surface area contributed by atoms with Crippen molar-refractivity contribution in [2.45, 2.75) is 13.2 Å². The van der Waals surface area contributed by atoms with Gasteiger partial charge in [-0.15, -0.1) is 0 Å². The lowest BCUT2D eigenvalue weighted by Crippen LogP contribution is -2.04. The quantitative estimate of drug-likeness (QED) is 0.568. The Morgan fingerprint density at radius 1 is 0.833 bits per heavy atom. The topological polar surface area (TPSA) is 21.3 Å². The highest BCUT2D eigenvalue weighted by atomic mass is 35.5. The van der Waals surface area contributed by atoms with Gasteiger partial charge in [0.2, 0.25) is 0 Å². The summed E-state index contributed by atoms with van der Waals surface area (Å²) in [5.41, 5.74) is 3.05. The van der Waals surface area contributed by atoms with E-state index in [0.717, 1.165) is 22.6 Å². The molecule has 0 radical (unpaired) electrons. The van der Waals surface area contributed by atoms with Crippen molar-refractivity contribution < 1.29 is 4.74 Å². The predicted octanol–water partition coefficient (Wildman–Crippen LogP) is 6.18. The summed E-state index contributed by atoms with van der Waals surface area (Å²) in [4.78, 5) is 0. The van der Waals surface area contributed by atoms with Crippen molar-refractivity contribution in [3.05, 3.63) is 94.0 Å². The minimum absolute atomic E-state index is 0.541. The zero-order chi connectivity index (χ0) is 16.8. The maximum absolute atomic E-state index is 6.20. The Kier molecular flexibility index (Phi) is 5.63. The molecule has 3 aromatic rings. The van der Waals surface area contributed by atoms with Gasteiger partial charge >= 0.3 is 0 Å². The Balaban J connectivity index is 1.67. The largest absolute Gasteiger partial charge is 0.489 e. The molecule has 0 heterocycles. The van der Waals surface area contributed by atoms with Gasteiger partial charge in [0.15, 0.2) is 0 Å². The molecule has 4 heteroatoms. The fraction of sp³-hybridized carbons (Fsp3) is 0.100. The second kappa shape index (κ2) is 8.09. The molecule has 0 aliphatic carbocycles. The van der Waals surface area contributed by atoms with Crippen molar-refractivity contribution in [2.24, 2.45) is 0 Å². The van der Waals surface area contributed by atoms with Gasteiger partial charge in [0, 0.05) is 17.1 Å². The number of hydrogen-bond donors (Lipinski definition) is 1. The zero-order valence-corrected chi connectivity index (χ0v) is 14.5. The van der Waals surface area contributed by atoms with Crippen molar-refractivity contribution in [3.63, 3.8) is 0 Å². The van der Waals surface area contributed by atoms with Crippen LogP contribution in [0.5, 0.6) is 5.75 Å². The van der Waals surface area contributed by atoms with E-state index in [1.54, 1.807) is 6.07 Å². The minimum Gasteiger partial charge on any atom is -0.489 e. The highest BCUT2D eigenvalue weighted by molar-refractivity contribution is 6.36. The number of para-hydroxylation sites is 1. The first-order valence-corrected chi connectivity index (χ1v) is 8.41. The summed E-state index contributed by atoms with van der Waals surface area (Å²) in [5, 5.41) is 4.55. The summed E-state index contributed by atoms with van der Waals surface area (Å²) in [6.07, 6.45) is 0. The molecule has 3 aromatic carbocycles. The first-order valence-electron chi connectivity index (χ1n) is 7.66. The van der Waals surface area contributed by atoms with Crippen molar-refractivity contribution >= 4 is 28.9 Å². The molecule has 3 rings (SSSR count). The predicted molar refractivity (Wildman–Crippen MR) is 101 cm³/mol. The molecule has 0 atom stereocenters. The normalized spacial score (nSPS) is 10.4. The summed E-state index contributed by atoms with van der Waals surface area (Å²) < 4.78 is 5.97. The van der Waals surface area contributed by atoms with E-state index in [-0.39, 0.29) is 0 Å². The van der Waals surface area contributed by atoms with Crippen molar-refractivity contribution in [1.82, 2.24) is 0 Å². The highest BCUT2D eigenvalue weighted by Crippen LogP contribution is 2.27. The molecule has 0 bridgehead atoms. The Labute approximate surface area is 152 Å². The molecule has 1 N–H and O–H groups in total. The molecule has 122 valence electrons. The van der Waals surface area contributed by atoms with Crippen LogP contribution in [0.25, 0.3) is 0 Å². The van der Waals surface area contributed by atoms with E-state index < -0.39 is 0 Å². The molecule has 0 saturated carbocycles. The van der Waals surface area contributed by atoms with Gasteiger partial charge in [0.1, 0.15) is 12.4 Å². The number of hydrogen-bond acceptors (Lipinski definition) is 2. The third-order valence-electron chi connectivity index (χ3n) is 3.61. The molecule has 0 saturated heterocycles. The van der Waals surface area contributed by atoms with Crippen LogP contribution in [-0.4, -0.2) is 0 Å². The molecular weight excluding hydrogens is 341 g/mol. The number of rotatable bonds is 6. The molecular formula is C20H17Cl2NO.